The Labute approximate surface area is 143 Å². The summed E-state index contributed by atoms with van der Waals surface area (Å²) in [6.07, 6.45) is 3.33. The van der Waals surface area contributed by atoms with Gasteiger partial charge in [-0.05, 0) is 23.8 Å². The van der Waals surface area contributed by atoms with E-state index in [1.165, 1.54) is 30.7 Å². The Hall–Kier alpha value is -2.12. The molecule has 1 aliphatic rings. The van der Waals surface area contributed by atoms with Crippen LogP contribution in [-0.2, 0) is 9.59 Å². The highest BCUT2D eigenvalue weighted by Gasteiger charge is 2.30. The van der Waals surface area contributed by atoms with Crippen molar-refractivity contribution in [2.75, 3.05) is 13.7 Å². The Morgan fingerprint density at radius 1 is 1.43 bits per heavy atom. The van der Waals surface area contributed by atoms with Crippen LogP contribution in [0, 0.1) is 0 Å². The van der Waals surface area contributed by atoms with Gasteiger partial charge < -0.3 is 9.47 Å². The molecule has 0 radical (unpaired) electrons. The van der Waals surface area contributed by atoms with Crippen molar-refractivity contribution < 1.29 is 19.1 Å². The Morgan fingerprint density at radius 2 is 2.17 bits per heavy atom. The largest absolute Gasteiger partial charge is 0.493 e. The zero-order valence-electron chi connectivity index (χ0n) is 12.7. The van der Waals surface area contributed by atoms with Crippen LogP contribution in [0.15, 0.2) is 35.8 Å². The molecule has 0 saturated carbocycles. The van der Waals surface area contributed by atoms with Gasteiger partial charge >= 0.3 is 5.97 Å². The van der Waals surface area contributed by atoms with Crippen LogP contribution in [0.4, 0.5) is 0 Å². The molecule has 5 nitrogen and oxygen atoms in total. The van der Waals surface area contributed by atoms with E-state index in [2.05, 4.69) is 6.58 Å². The van der Waals surface area contributed by atoms with Crippen LogP contribution in [0.1, 0.15) is 12.5 Å². The maximum absolute atomic E-state index is 12.3. The van der Waals surface area contributed by atoms with Gasteiger partial charge in [0.1, 0.15) is 4.32 Å². The first kappa shape index (κ1) is 17.2. The summed E-state index contributed by atoms with van der Waals surface area (Å²) in [5, 5.41) is 0. The number of esters is 1. The highest BCUT2D eigenvalue weighted by molar-refractivity contribution is 8.26. The Morgan fingerprint density at radius 3 is 2.78 bits per heavy atom. The second-order valence-corrected chi connectivity index (χ2v) is 6.26. The minimum atomic E-state index is -0.447. The van der Waals surface area contributed by atoms with Gasteiger partial charge in [-0.3, -0.25) is 14.5 Å². The Balaban J connectivity index is 2.32. The summed E-state index contributed by atoms with van der Waals surface area (Å²) in [5.74, 6) is 0.134. The predicted molar refractivity (Wildman–Crippen MR) is 94.4 cm³/mol. The van der Waals surface area contributed by atoms with Gasteiger partial charge in [0.15, 0.2) is 11.5 Å². The number of rotatable bonds is 5. The van der Waals surface area contributed by atoms with E-state index in [0.717, 1.165) is 0 Å². The van der Waals surface area contributed by atoms with Crippen molar-refractivity contribution in [1.82, 2.24) is 4.90 Å². The van der Waals surface area contributed by atoms with Gasteiger partial charge in [0.05, 0.1) is 12.0 Å². The van der Waals surface area contributed by atoms with Crippen molar-refractivity contribution in [2.45, 2.75) is 6.92 Å². The minimum absolute atomic E-state index is 0.162. The van der Waals surface area contributed by atoms with E-state index in [-0.39, 0.29) is 5.91 Å². The molecule has 7 heteroatoms. The van der Waals surface area contributed by atoms with Gasteiger partial charge in [-0.25, -0.2) is 0 Å². The molecule has 23 heavy (non-hydrogen) atoms. The van der Waals surface area contributed by atoms with Gasteiger partial charge in [0.25, 0.3) is 5.91 Å². The number of nitrogens with zero attached hydrogens (tertiary/aromatic N) is 1. The lowest BCUT2D eigenvalue weighted by atomic mass is 10.2. The molecule has 1 aromatic rings. The molecule has 1 amide bonds. The summed E-state index contributed by atoms with van der Waals surface area (Å²) in [4.78, 5) is 25.4. The van der Waals surface area contributed by atoms with Crippen LogP contribution >= 0.6 is 24.0 Å². The van der Waals surface area contributed by atoms with E-state index in [1.807, 2.05) is 0 Å². The minimum Gasteiger partial charge on any atom is -0.493 e. The number of ether oxygens (including phenoxy) is 2. The summed E-state index contributed by atoms with van der Waals surface area (Å²) in [7, 11) is 1.49. The highest BCUT2D eigenvalue weighted by atomic mass is 32.2. The highest BCUT2D eigenvalue weighted by Crippen LogP contribution is 2.34. The van der Waals surface area contributed by atoms with Crippen molar-refractivity contribution in [3.8, 4) is 11.5 Å². The average molecular weight is 349 g/mol. The number of methoxy groups -OCH3 is 1. The first-order valence-corrected chi connectivity index (χ1v) is 7.91. The van der Waals surface area contributed by atoms with Crippen LogP contribution in [-0.4, -0.2) is 34.8 Å². The molecule has 0 atom stereocenters. The SMILES string of the molecule is C=CCN1C(=O)/C(=C/c2ccc(OC)c(OC(C)=O)c2)SC1=S. The topological polar surface area (TPSA) is 55.8 Å². The van der Waals surface area contributed by atoms with Crippen molar-refractivity contribution in [3.63, 3.8) is 0 Å². The normalized spacial score (nSPS) is 15.9. The third-order valence-electron chi connectivity index (χ3n) is 2.92. The number of hydrogen-bond acceptors (Lipinski definition) is 6. The van der Waals surface area contributed by atoms with E-state index < -0.39 is 5.97 Å². The molecule has 1 aliphatic heterocycles. The molecule has 120 valence electrons. The van der Waals surface area contributed by atoms with E-state index in [0.29, 0.717) is 32.8 Å². The molecule has 1 heterocycles. The molecule has 0 aliphatic carbocycles. The van der Waals surface area contributed by atoms with Crippen molar-refractivity contribution >= 4 is 46.3 Å². The van der Waals surface area contributed by atoms with Gasteiger partial charge in [0, 0.05) is 13.5 Å². The fourth-order valence-corrected chi connectivity index (χ4v) is 3.23. The summed E-state index contributed by atoms with van der Waals surface area (Å²) < 4.78 is 10.8. The lowest BCUT2D eigenvalue weighted by Gasteiger charge is -2.10. The zero-order chi connectivity index (χ0) is 17.0. The fraction of sp³-hybridized carbons (Fsp3) is 0.188. The lowest BCUT2D eigenvalue weighted by Crippen LogP contribution is -2.27. The number of hydrogen-bond donors (Lipinski definition) is 0. The molecule has 0 aromatic heterocycles. The van der Waals surface area contributed by atoms with Crippen molar-refractivity contribution in [2.24, 2.45) is 0 Å². The molecule has 0 N–H and O–H groups in total. The third-order valence-corrected chi connectivity index (χ3v) is 4.30. The maximum atomic E-state index is 12.3. The van der Waals surface area contributed by atoms with Crippen LogP contribution in [0.2, 0.25) is 0 Å². The Bertz CT molecular complexity index is 712. The quantitative estimate of drug-likeness (QED) is 0.268. The summed E-state index contributed by atoms with van der Waals surface area (Å²) in [6.45, 7) is 5.31. The van der Waals surface area contributed by atoms with Gasteiger partial charge in [-0.2, -0.15) is 0 Å². The van der Waals surface area contributed by atoms with E-state index in [9.17, 15) is 9.59 Å². The summed E-state index contributed by atoms with van der Waals surface area (Å²) in [5.41, 5.74) is 0.709. The van der Waals surface area contributed by atoms with Gasteiger partial charge in [-0.15, -0.1) is 6.58 Å². The number of carbonyl (C=O) groups is 2. The summed E-state index contributed by atoms with van der Waals surface area (Å²) in [6, 6.07) is 5.08. The third kappa shape index (κ3) is 4.00. The molecule has 1 saturated heterocycles. The molecular weight excluding hydrogens is 334 g/mol. The smallest absolute Gasteiger partial charge is 0.308 e. The molecular formula is C16H15NO4S2. The number of amides is 1. The van der Waals surface area contributed by atoms with Gasteiger partial charge in [-0.1, -0.05) is 36.1 Å². The molecule has 0 spiro atoms. The number of thiocarbonyl (C=S) groups is 1. The van der Waals surface area contributed by atoms with E-state index in [1.54, 1.807) is 30.4 Å². The standard InChI is InChI=1S/C16H15NO4S2/c1-4-7-17-15(19)14(23-16(17)22)9-11-5-6-12(20-3)13(8-11)21-10(2)18/h4-6,8-9H,1,7H2,2-3H3/b14-9-. The number of carbonyl (C=O) groups excluding carboxylic acids is 2. The van der Waals surface area contributed by atoms with Crippen molar-refractivity contribution in [1.29, 1.82) is 0 Å². The van der Waals surface area contributed by atoms with Crippen LogP contribution in [0.25, 0.3) is 6.08 Å². The molecule has 1 aromatic carbocycles. The predicted octanol–water partition coefficient (Wildman–Crippen LogP) is 3.01. The molecule has 1 fully saturated rings. The number of thioether (sulfide) groups is 1. The molecule has 2 rings (SSSR count). The van der Waals surface area contributed by atoms with Gasteiger partial charge in [0.2, 0.25) is 0 Å². The second-order valence-electron chi connectivity index (χ2n) is 4.58. The van der Waals surface area contributed by atoms with Crippen LogP contribution < -0.4 is 9.47 Å². The first-order valence-electron chi connectivity index (χ1n) is 6.69. The number of benzene rings is 1. The second kappa shape index (κ2) is 7.43. The fourth-order valence-electron chi connectivity index (χ4n) is 1.96. The van der Waals surface area contributed by atoms with Crippen molar-refractivity contribution in [3.05, 3.63) is 41.3 Å². The van der Waals surface area contributed by atoms with E-state index >= 15 is 0 Å². The lowest BCUT2D eigenvalue weighted by molar-refractivity contribution is -0.132. The molecule has 0 unspecified atom stereocenters. The maximum Gasteiger partial charge on any atom is 0.308 e. The average Bonchev–Trinajstić information content (AvgIpc) is 2.75. The zero-order valence-corrected chi connectivity index (χ0v) is 14.3. The molecule has 0 bridgehead atoms. The van der Waals surface area contributed by atoms with Crippen LogP contribution in [0.5, 0.6) is 11.5 Å². The Kier molecular flexibility index (Phi) is 5.57. The monoisotopic (exact) mass is 349 g/mol. The van der Waals surface area contributed by atoms with E-state index in [4.69, 9.17) is 21.7 Å². The summed E-state index contributed by atoms with van der Waals surface area (Å²) >= 11 is 6.42. The van der Waals surface area contributed by atoms with Crippen LogP contribution in [0.3, 0.4) is 0 Å². The first-order chi connectivity index (χ1) is 11.0.